The molecule has 1 fully saturated rings. The van der Waals surface area contributed by atoms with Crippen molar-refractivity contribution in [2.24, 2.45) is 0 Å². The highest BCUT2D eigenvalue weighted by atomic mass is 15.3. The number of aryl methyl sites for hydroxylation is 1. The van der Waals surface area contributed by atoms with Crippen molar-refractivity contribution < 1.29 is 0 Å². The maximum atomic E-state index is 2.56. The number of nitrogens with zero attached hydrogens (tertiary/aromatic N) is 2. The van der Waals surface area contributed by atoms with E-state index in [2.05, 4.69) is 83.5 Å². The van der Waals surface area contributed by atoms with Gasteiger partial charge < -0.3 is 0 Å². The van der Waals surface area contributed by atoms with E-state index >= 15 is 0 Å². The first-order valence-electron chi connectivity index (χ1n) is 8.51. The molecule has 1 heterocycles. The molecule has 0 unspecified atom stereocenters. The number of hydrogen-bond donors (Lipinski definition) is 0. The third kappa shape index (κ3) is 5.05. The van der Waals surface area contributed by atoms with Crippen LogP contribution in [0.2, 0.25) is 0 Å². The van der Waals surface area contributed by atoms with E-state index in [0.717, 1.165) is 39.3 Å². The van der Waals surface area contributed by atoms with Gasteiger partial charge in [-0.2, -0.15) is 0 Å². The van der Waals surface area contributed by atoms with Gasteiger partial charge in [0, 0.05) is 39.3 Å². The number of benzene rings is 2. The van der Waals surface area contributed by atoms with Gasteiger partial charge in [0.2, 0.25) is 0 Å². The maximum Gasteiger partial charge on any atom is 0.0234 e. The highest BCUT2D eigenvalue weighted by molar-refractivity contribution is 5.48. The van der Waals surface area contributed by atoms with Gasteiger partial charge in [-0.25, -0.2) is 0 Å². The zero-order chi connectivity index (χ0) is 15.9. The smallest absolute Gasteiger partial charge is 0.0234 e. The first kappa shape index (κ1) is 16.0. The summed E-state index contributed by atoms with van der Waals surface area (Å²) < 4.78 is 0. The van der Waals surface area contributed by atoms with Gasteiger partial charge in [-0.15, -0.1) is 0 Å². The van der Waals surface area contributed by atoms with Gasteiger partial charge in [-0.3, -0.25) is 9.80 Å². The largest absolute Gasteiger partial charge is 0.297 e. The lowest BCUT2D eigenvalue weighted by molar-refractivity contribution is 0.137. The molecule has 0 saturated carbocycles. The van der Waals surface area contributed by atoms with Gasteiger partial charge in [0.15, 0.2) is 0 Å². The monoisotopic (exact) mass is 306 g/mol. The molecule has 0 radical (unpaired) electrons. The Morgan fingerprint density at radius 1 is 0.826 bits per heavy atom. The molecule has 23 heavy (non-hydrogen) atoms. The van der Waals surface area contributed by atoms with Crippen molar-refractivity contribution in [2.75, 3.05) is 32.7 Å². The van der Waals surface area contributed by atoms with E-state index in [-0.39, 0.29) is 0 Å². The van der Waals surface area contributed by atoms with Crippen molar-refractivity contribution in [1.29, 1.82) is 0 Å². The Labute approximate surface area is 140 Å². The zero-order valence-corrected chi connectivity index (χ0v) is 14.0. The number of piperazine rings is 1. The first-order chi connectivity index (χ1) is 11.3. The highest BCUT2D eigenvalue weighted by Crippen LogP contribution is 2.10. The Balaban J connectivity index is 1.41. The Kier molecular flexibility index (Phi) is 5.62. The number of rotatable bonds is 5. The summed E-state index contributed by atoms with van der Waals surface area (Å²) in [5, 5.41) is 0. The summed E-state index contributed by atoms with van der Waals surface area (Å²) in [6, 6.07) is 19.5. The lowest BCUT2D eigenvalue weighted by Gasteiger charge is -2.34. The minimum atomic E-state index is 1.05. The molecule has 0 aliphatic carbocycles. The number of hydrogen-bond acceptors (Lipinski definition) is 2. The lowest BCUT2D eigenvalue weighted by Crippen LogP contribution is -2.45. The summed E-state index contributed by atoms with van der Waals surface area (Å²) in [6.07, 6.45) is 4.50. The second-order valence-corrected chi connectivity index (χ2v) is 6.38. The Bertz CT molecular complexity index is 608. The lowest BCUT2D eigenvalue weighted by atomic mass is 10.1. The minimum absolute atomic E-state index is 1.05. The van der Waals surface area contributed by atoms with Gasteiger partial charge >= 0.3 is 0 Å². The molecule has 0 atom stereocenters. The van der Waals surface area contributed by atoms with Crippen molar-refractivity contribution >= 4 is 6.08 Å². The molecule has 0 spiro atoms. The maximum absolute atomic E-state index is 2.56. The third-order valence-corrected chi connectivity index (χ3v) is 4.47. The van der Waals surface area contributed by atoms with Crippen LogP contribution in [-0.2, 0) is 6.54 Å². The van der Waals surface area contributed by atoms with Crippen LogP contribution in [0.5, 0.6) is 0 Å². The third-order valence-electron chi connectivity index (χ3n) is 4.47. The fraction of sp³-hybridized carbons (Fsp3) is 0.333. The molecule has 0 bridgehead atoms. The molecule has 1 aliphatic rings. The molecule has 2 nitrogen and oxygen atoms in total. The molecular weight excluding hydrogens is 280 g/mol. The quantitative estimate of drug-likeness (QED) is 0.828. The van der Waals surface area contributed by atoms with E-state index in [1.54, 1.807) is 0 Å². The van der Waals surface area contributed by atoms with Gasteiger partial charge in [0.25, 0.3) is 0 Å². The summed E-state index contributed by atoms with van der Waals surface area (Å²) >= 11 is 0. The predicted octanol–water partition coefficient (Wildman–Crippen LogP) is 3.83. The summed E-state index contributed by atoms with van der Waals surface area (Å²) in [7, 11) is 0. The Morgan fingerprint density at radius 2 is 1.48 bits per heavy atom. The molecule has 120 valence electrons. The van der Waals surface area contributed by atoms with Crippen LogP contribution in [0, 0.1) is 6.92 Å². The van der Waals surface area contributed by atoms with E-state index < -0.39 is 0 Å². The summed E-state index contributed by atoms with van der Waals surface area (Å²) in [6.45, 7) is 8.91. The second-order valence-electron chi connectivity index (χ2n) is 6.38. The molecule has 1 aliphatic heterocycles. The van der Waals surface area contributed by atoms with Crippen LogP contribution in [0.3, 0.4) is 0 Å². The van der Waals surface area contributed by atoms with Gasteiger partial charge in [0.1, 0.15) is 0 Å². The van der Waals surface area contributed by atoms with Crippen molar-refractivity contribution in [2.45, 2.75) is 13.5 Å². The van der Waals surface area contributed by atoms with E-state index in [9.17, 15) is 0 Å². The topological polar surface area (TPSA) is 6.48 Å². The average Bonchev–Trinajstić information content (AvgIpc) is 2.59. The normalized spacial score (nSPS) is 16.9. The molecule has 2 aromatic rings. The van der Waals surface area contributed by atoms with Crippen LogP contribution in [0.1, 0.15) is 16.7 Å². The van der Waals surface area contributed by atoms with E-state index in [0.29, 0.717) is 0 Å². The van der Waals surface area contributed by atoms with E-state index in [1.165, 1.54) is 16.7 Å². The first-order valence-corrected chi connectivity index (χ1v) is 8.51. The second kappa shape index (κ2) is 8.09. The van der Waals surface area contributed by atoms with Crippen molar-refractivity contribution in [3.63, 3.8) is 0 Å². The van der Waals surface area contributed by atoms with E-state index in [1.807, 2.05) is 0 Å². The van der Waals surface area contributed by atoms with Gasteiger partial charge in [0.05, 0.1) is 0 Å². The SMILES string of the molecule is Cc1ccc(CN2CCN(C/C=C/c3ccccc3)CC2)cc1. The summed E-state index contributed by atoms with van der Waals surface area (Å²) in [5.74, 6) is 0. The van der Waals surface area contributed by atoms with Crippen LogP contribution in [0.25, 0.3) is 6.08 Å². The molecule has 3 rings (SSSR count). The van der Waals surface area contributed by atoms with Crippen LogP contribution in [0.15, 0.2) is 60.7 Å². The van der Waals surface area contributed by atoms with E-state index in [4.69, 9.17) is 0 Å². The van der Waals surface area contributed by atoms with Crippen LogP contribution >= 0.6 is 0 Å². The molecule has 2 aromatic carbocycles. The molecule has 1 saturated heterocycles. The van der Waals surface area contributed by atoms with Crippen molar-refractivity contribution in [1.82, 2.24) is 9.80 Å². The summed E-state index contributed by atoms with van der Waals surface area (Å²) in [5.41, 5.74) is 4.04. The van der Waals surface area contributed by atoms with Crippen molar-refractivity contribution in [3.8, 4) is 0 Å². The van der Waals surface area contributed by atoms with Crippen LogP contribution < -0.4 is 0 Å². The molecular formula is C21H26N2. The fourth-order valence-electron chi connectivity index (χ4n) is 2.98. The molecule has 0 amide bonds. The summed E-state index contributed by atoms with van der Waals surface area (Å²) in [4.78, 5) is 5.09. The zero-order valence-electron chi connectivity index (χ0n) is 14.0. The van der Waals surface area contributed by atoms with Gasteiger partial charge in [-0.1, -0.05) is 72.3 Å². The van der Waals surface area contributed by atoms with Crippen LogP contribution in [-0.4, -0.2) is 42.5 Å². The predicted molar refractivity (Wildman–Crippen MR) is 98.4 cm³/mol. The highest BCUT2D eigenvalue weighted by Gasteiger charge is 2.15. The minimum Gasteiger partial charge on any atom is -0.297 e. The Morgan fingerprint density at radius 3 is 2.17 bits per heavy atom. The fourth-order valence-corrected chi connectivity index (χ4v) is 2.98. The van der Waals surface area contributed by atoms with Gasteiger partial charge in [-0.05, 0) is 18.1 Å². The Hall–Kier alpha value is -1.90. The van der Waals surface area contributed by atoms with Crippen LogP contribution in [0.4, 0.5) is 0 Å². The molecule has 2 heteroatoms. The van der Waals surface area contributed by atoms with Crippen molar-refractivity contribution in [3.05, 3.63) is 77.4 Å². The molecule has 0 N–H and O–H groups in total. The molecule has 0 aromatic heterocycles. The standard InChI is InChI=1S/C21H26N2/c1-19-9-11-21(12-10-19)18-23-16-14-22(15-17-23)13-5-8-20-6-3-2-4-7-20/h2-12H,13-18H2,1H3/b8-5+. The average molecular weight is 306 g/mol.